The largest absolute Gasteiger partial charge is 0.478 e. The summed E-state index contributed by atoms with van der Waals surface area (Å²) >= 11 is 0. The maximum Gasteiger partial charge on any atom is 0.338 e. The molecule has 0 saturated heterocycles. The molecule has 1 aromatic heterocycles. The number of benzene rings is 1. The fourth-order valence-electron chi connectivity index (χ4n) is 1.72. The van der Waals surface area contributed by atoms with Gasteiger partial charge in [0.25, 0.3) is 0 Å². The zero-order chi connectivity index (χ0) is 11.2. The fourth-order valence-corrected chi connectivity index (χ4v) is 1.72. The summed E-state index contributed by atoms with van der Waals surface area (Å²) < 4.78 is 14.6. The molecule has 0 aliphatic rings. The van der Waals surface area contributed by atoms with E-state index in [0.717, 1.165) is 6.07 Å². The maximum absolute atomic E-state index is 13.1. The van der Waals surface area contributed by atoms with Gasteiger partial charge in [0.1, 0.15) is 5.82 Å². The molecule has 1 N–H and O–H groups in total. The van der Waals surface area contributed by atoms with Gasteiger partial charge in [-0.05, 0) is 19.1 Å². The summed E-state index contributed by atoms with van der Waals surface area (Å²) in [6.07, 6.45) is 0. The minimum absolute atomic E-state index is 0.0619. The zero-order valence-corrected chi connectivity index (χ0v) is 8.28. The molecule has 0 radical (unpaired) electrons. The van der Waals surface area contributed by atoms with Crippen molar-refractivity contribution in [3.8, 4) is 0 Å². The van der Waals surface area contributed by atoms with Crippen molar-refractivity contribution >= 4 is 16.9 Å². The van der Waals surface area contributed by atoms with E-state index in [2.05, 4.69) is 5.10 Å². The summed E-state index contributed by atoms with van der Waals surface area (Å²) in [7, 11) is 1.64. The van der Waals surface area contributed by atoms with Gasteiger partial charge < -0.3 is 5.11 Å². The third kappa shape index (κ3) is 1.36. The van der Waals surface area contributed by atoms with Crippen LogP contribution in [-0.2, 0) is 7.05 Å². The van der Waals surface area contributed by atoms with Gasteiger partial charge in [-0.1, -0.05) is 0 Å². The first kappa shape index (κ1) is 9.64. The van der Waals surface area contributed by atoms with E-state index in [1.807, 2.05) is 0 Å². The first-order valence-electron chi connectivity index (χ1n) is 4.37. The van der Waals surface area contributed by atoms with Gasteiger partial charge >= 0.3 is 5.97 Å². The van der Waals surface area contributed by atoms with E-state index in [1.54, 1.807) is 14.0 Å². The second kappa shape index (κ2) is 3.05. The van der Waals surface area contributed by atoms with Crippen LogP contribution >= 0.6 is 0 Å². The topological polar surface area (TPSA) is 55.1 Å². The monoisotopic (exact) mass is 208 g/mol. The maximum atomic E-state index is 13.1. The Bertz CT molecular complexity index is 560. The zero-order valence-electron chi connectivity index (χ0n) is 8.28. The van der Waals surface area contributed by atoms with Gasteiger partial charge in [-0.3, -0.25) is 4.68 Å². The summed E-state index contributed by atoms with van der Waals surface area (Å²) in [5, 5.41) is 13.5. The van der Waals surface area contributed by atoms with Crippen molar-refractivity contribution in [3.05, 3.63) is 29.2 Å². The molecular weight excluding hydrogens is 199 g/mol. The predicted octanol–water partition coefficient (Wildman–Crippen LogP) is 1.72. The third-order valence-corrected chi connectivity index (χ3v) is 2.32. The molecule has 0 amide bonds. The number of carbonyl (C=O) groups is 1. The van der Waals surface area contributed by atoms with E-state index in [9.17, 15) is 9.18 Å². The minimum Gasteiger partial charge on any atom is -0.478 e. The van der Waals surface area contributed by atoms with Crippen molar-refractivity contribution in [1.82, 2.24) is 9.78 Å². The van der Waals surface area contributed by atoms with Crippen LogP contribution in [0.3, 0.4) is 0 Å². The van der Waals surface area contributed by atoms with Crippen molar-refractivity contribution in [3.63, 3.8) is 0 Å². The number of carboxylic acid groups (broad SMARTS) is 1. The molecule has 0 bridgehead atoms. The van der Waals surface area contributed by atoms with Crippen molar-refractivity contribution in [2.45, 2.75) is 6.92 Å². The Hall–Kier alpha value is -1.91. The number of halogens is 1. The number of aromatic carboxylic acids is 1. The van der Waals surface area contributed by atoms with Crippen molar-refractivity contribution in [2.24, 2.45) is 7.05 Å². The van der Waals surface area contributed by atoms with E-state index in [0.29, 0.717) is 16.6 Å². The number of nitrogens with zero attached hydrogens (tertiary/aromatic N) is 2. The molecule has 4 nitrogen and oxygen atoms in total. The van der Waals surface area contributed by atoms with Gasteiger partial charge in [0.2, 0.25) is 0 Å². The highest BCUT2D eigenvalue weighted by atomic mass is 19.1. The standard InChI is InChI=1S/C10H9FN2O2/c1-5-7-3-6(11)4-8(10(14)15)9(7)13(2)12-5/h3-4H,1-2H3,(H,14,15). The lowest BCUT2D eigenvalue weighted by Gasteiger charge is -2.00. The quantitative estimate of drug-likeness (QED) is 0.776. The lowest BCUT2D eigenvalue weighted by Crippen LogP contribution is -2.02. The van der Waals surface area contributed by atoms with Gasteiger partial charge in [0.05, 0.1) is 16.8 Å². The van der Waals surface area contributed by atoms with Crippen LogP contribution in [0.2, 0.25) is 0 Å². The molecule has 2 rings (SSSR count). The first-order chi connectivity index (χ1) is 7.00. The van der Waals surface area contributed by atoms with Crippen LogP contribution in [0.1, 0.15) is 16.1 Å². The number of hydrogen-bond donors (Lipinski definition) is 1. The number of rotatable bonds is 1. The molecule has 0 fully saturated rings. The van der Waals surface area contributed by atoms with Gasteiger partial charge in [-0.15, -0.1) is 0 Å². The van der Waals surface area contributed by atoms with Crippen molar-refractivity contribution < 1.29 is 14.3 Å². The average Bonchev–Trinajstić information content (AvgIpc) is 2.41. The summed E-state index contributed by atoms with van der Waals surface area (Å²) in [5.41, 5.74) is 1.00. The molecule has 0 aliphatic carbocycles. The Kier molecular flexibility index (Phi) is 1.96. The first-order valence-corrected chi connectivity index (χ1v) is 4.37. The lowest BCUT2D eigenvalue weighted by atomic mass is 10.1. The minimum atomic E-state index is -1.15. The molecule has 5 heteroatoms. The molecular formula is C10H9FN2O2. The molecule has 0 unspecified atom stereocenters. The highest BCUT2D eigenvalue weighted by molar-refractivity contribution is 6.02. The third-order valence-electron chi connectivity index (χ3n) is 2.32. The number of hydrogen-bond acceptors (Lipinski definition) is 2. The van der Waals surface area contributed by atoms with Crippen LogP contribution in [0.15, 0.2) is 12.1 Å². The van der Waals surface area contributed by atoms with E-state index >= 15 is 0 Å². The number of aromatic nitrogens is 2. The SMILES string of the molecule is Cc1nn(C)c2c(C(=O)O)cc(F)cc12. The van der Waals surface area contributed by atoms with Crippen LogP contribution in [0.25, 0.3) is 10.9 Å². The van der Waals surface area contributed by atoms with Gasteiger partial charge in [0.15, 0.2) is 0 Å². The number of carboxylic acids is 1. The number of fused-ring (bicyclic) bond motifs is 1. The Morgan fingerprint density at radius 2 is 2.20 bits per heavy atom. The average molecular weight is 208 g/mol. The van der Waals surface area contributed by atoms with Crippen molar-refractivity contribution in [1.29, 1.82) is 0 Å². The van der Waals surface area contributed by atoms with Crippen LogP contribution in [0.5, 0.6) is 0 Å². The molecule has 0 saturated carbocycles. The van der Waals surface area contributed by atoms with E-state index in [-0.39, 0.29) is 5.56 Å². The summed E-state index contributed by atoms with van der Waals surface area (Å²) in [6, 6.07) is 2.30. The molecule has 0 atom stereocenters. The van der Waals surface area contributed by atoms with Gasteiger partial charge in [-0.2, -0.15) is 5.10 Å². The molecule has 1 heterocycles. The predicted molar refractivity (Wildman–Crippen MR) is 52.4 cm³/mol. The Morgan fingerprint density at radius 1 is 1.53 bits per heavy atom. The highest BCUT2D eigenvalue weighted by Gasteiger charge is 2.16. The molecule has 0 aliphatic heterocycles. The van der Waals surface area contributed by atoms with Crippen LogP contribution in [0.4, 0.5) is 4.39 Å². The van der Waals surface area contributed by atoms with Crippen molar-refractivity contribution in [2.75, 3.05) is 0 Å². The summed E-state index contributed by atoms with van der Waals surface area (Å²) in [6.45, 7) is 1.72. The van der Waals surface area contributed by atoms with Crippen LogP contribution < -0.4 is 0 Å². The second-order valence-electron chi connectivity index (χ2n) is 3.36. The normalized spacial score (nSPS) is 10.9. The Labute approximate surface area is 84.9 Å². The van der Waals surface area contributed by atoms with Gasteiger partial charge in [0, 0.05) is 12.4 Å². The second-order valence-corrected chi connectivity index (χ2v) is 3.36. The molecule has 0 spiro atoms. The van der Waals surface area contributed by atoms with Crippen LogP contribution in [-0.4, -0.2) is 20.9 Å². The highest BCUT2D eigenvalue weighted by Crippen LogP contribution is 2.23. The smallest absolute Gasteiger partial charge is 0.338 e. The molecule has 15 heavy (non-hydrogen) atoms. The number of aryl methyl sites for hydroxylation is 2. The fraction of sp³-hybridized carbons (Fsp3) is 0.200. The lowest BCUT2D eigenvalue weighted by molar-refractivity contribution is 0.0698. The van der Waals surface area contributed by atoms with E-state index in [4.69, 9.17) is 5.11 Å². The van der Waals surface area contributed by atoms with E-state index < -0.39 is 11.8 Å². The summed E-state index contributed by atoms with van der Waals surface area (Å²) in [4.78, 5) is 10.9. The van der Waals surface area contributed by atoms with Crippen LogP contribution in [0, 0.1) is 12.7 Å². The Morgan fingerprint density at radius 3 is 2.80 bits per heavy atom. The molecule has 2 aromatic rings. The molecule has 1 aromatic carbocycles. The molecule has 78 valence electrons. The summed E-state index contributed by atoms with van der Waals surface area (Å²) in [5.74, 6) is -1.71. The van der Waals surface area contributed by atoms with Gasteiger partial charge in [-0.25, -0.2) is 9.18 Å². The Balaban J connectivity index is 2.96. The van der Waals surface area contributed by atoms with E-state index in [1.165, 1.54) is 10.7 Å².